The molecule has 2 heterocycles. The van der Waals surface area contributed by atoms with Gasteiger partial charge in [-0.1, -0.05) is 6.07 Å². The quantitative estimate of drug-likeness (QED) is 0.810. The van der Waals surface area contributed by atoms with E-state index in [1.165, 1.54) is 0 Å². The van der Waals surface area contributed by atoms with Gasteiger partial charge in [0.15, 0.2) is 0 Å². The van der Waals surface area contributed by atoms with Gasteiger partial charge in [0.05, 0.1) is 24.3 Å². The van der Waals surface area contributed by atoms with Gasteiger partial charge in [-0.15, -0.1) is 0 Å². The first kappa shape index (κ1) is 15.9. The van der Waals surface area contributed by atoms with Crippen molar-refractivity contribution in [1.82, 2.24) is 20.5 Å². The van der Waals surface area contributed by atoms with Crippen molar-refractivity contribution in [1.29, 1.82) is 0 Å². The molecule has 124 valence electrons. The third kappa shape index (κ3) is 3.69. The zero-order valence-electron chi connectivity index (χ0n) is 13.5. The van der Waals surface area contributed by atoms with E-state index in [0.29, 0.717) is 12.5 Å². The minimum atomic E-state index is -0.207. The summed E-state index contributed by atoms with van der Waals surface area (Å²) in [6.45, 7) is 1.24. The Morgan fingerprint density at radius 2 is 2.17 bits per heavy atom. The average molecular weight is 316 g/mol. The van der Waals surface area contributed by atoms with Crippen LogP contribution in [0.15, 0.2) is 24.4 Å². The molecular weight excluding hydrogens is 292 g/mol. The van der Waals surface area contributed by atoms with Gasteiger partial charge in [-0.3, -0.25) is 19.5 Å². The molecule has 0 unspecified atom stereocenters. The van der Waals surface area contributed by atoms with E-state index in [1.807, 2.05) is 18.2 Å². The average Bonchev–Trinajstić information content (AvgIpc) is 3.30. The highest BCUT2D eigenvalue weighted by Gasteiger charge is 2.45. The van der Waals surface area contributed by atoms with Crippen molar-refractivity contribution in [2.45, 2.75) is 44.3 Å². The maximum Gasteiger partial charge on any atom is 0.237 e. The van der Waals surface area contributed by atoms with E-state index in [0.717, 1.165) is 37.9 Å². The molecule has 6 nitrogen and oxygen atoms in total. The Bertz CT molecular complexity index is 559. The van der Waals surface area contributed by atoms with E-state index in [2.05, 4.69) is 20.5 Å². The maximum absolute atomic E-state index is 12.6. The topological polar surface area (TPSA) is 74.3 Å². The number of aromatic nitrogens is 1. The summed E-state index contributed by atoms with van der Waals surface area (Å²) in [7, 11) is 1.67. The van der Waals surface area contributed by atoms with Crippen molar-refractivity contribution in [2.24, 2.45) is 5.92 Å². The summed E-state index contributed by atoms with van der Waals surface area (Å²) in [4.78, 5) is 31.1. The summed E-state index contributed by atoms with van der Waals surface area (Å²) in [5.74, 6) is 0.443. The lowest BCUT2D eigenvalue weighted by Crippen LogP contribution is -2.53. The second-order valence-corrected chi connectivity index (χ2v) is 6.33. The van der Waals surface area contributed by atoms with Gasteiger partial charge in [-0.05, 0) is 50.3 Å². The monoisotopic (exact) mass is 316 g/mol. The molecule has 1 saturated carbocycles. The third-order valence-electron chi connectivity index (χ3n) is 4.71. The molecule has 0 aromatic carbocycles. The van der Waals surface area contributed by atoms with Gasteiger partial charge in [0.25, 0.3) is 0 Å². The van der Waals surface area contributed by atoms with E-state index >= 15 is 0 Å². The van der Waals surface area contributed by atoms with Crippen LogP contribution in [0.2, 0.25) is 0 Å². The van der Waals surface area contributed by atoms with Crippen LogP contribution in [0.1, 0.15) is 31.4 Å². The zero-order chi connectivity index (χ0) is 16.2. The number of nitrogens with one attached hydrogen (secondary N) is 2. The van der Waals surface area contributed by atoms with Gasteiger partial charge < -0.3 is 10.6 Å². The minimum absolute atomic E-state index is 0.00251. The van der Waals surface area contributed by atoms with Crippen LogP contribution in [0.3, 0.4) is 0 Å². The third-order valence-corrected chi connectivity index (χ3v) is 4.71. The number of amides is 2. The number of nitrogens with zero attached hydrogens (tertiary/aromatic N) is 2. The molecule has 2 amide bonds. The van der Waals surface area contributed by atoms with Crippen LogP contribution in [0, 0.1) is 5.92 Å². The normalized spacial score (nSPS) is 22.6. The highest BCUT2D eigenvalue weighted by molar-refractivity contribution is 5.86. The second-order valence-electron chi connectivity index (χ2n) is 6.33. The Hall–Kier alpha value is -1.95. The fourth-order valence-corrected chi connectivity index (χ4v) is 3.40. The van der Waals surface area contributed by atoms with Crippen molar-refractivity contribution in [3.63, 3.8) is 0 Å². The highest BCUT2D eigenvalue weighted by Crippen LogP contribution is 2.38. The fourth-order valence-electron chi connectivity index (χ4n) is 3.40. The number of carbonyl (C=O) groups excluding carboxylic acids is 2. The van der Waals surface area contributed by atoms with Gasteiger partial charge >= 0.3 is 0 Å². The minimum Gasteiger partial charge on any atom is -0.358 e. The largest absolute Gasteiger partial charge is 0.358 e. The molecule has 2 N–H and O–H groups in total. The molecular formula is C17H24N4O2. The van der Waals surface area contributed by atoms with Gasteiger partial charge in [-0.25, -0.2) is 0 Å². The van der Waals surface area contributed by atoms with E-state index in [4.69, 9.17) is 0 Å². The second kappa shape index (κ2) is 7.08. The van der Waals surface area contributed by atoms with Gasteiger partial charge in [0.2, 0.25) is 11.8 Å². The summed E-state index contributed by atoms with van der Waals surface area (Å²) < 4.78 is 0. The lowest BCUT2D eigenvalue weighted by atomic mass is 10.1. The molecule has 2 fully saturated rings. The fraction of sp³-hybridized carbons (Fsp3) is 0.588. The van der Waals surface area contributed by atoms with Crippen LogP contribution in [-0.2, 0) is 16.1 Å². The number of likely N-dealkylation sites (N-methyl/N-ethyl adjacent to an activating group) is 1. The van der Waals surface area contributed by atoms with Crippen LogP contribution >= 0.6 is 0 Å². The summed E-state index contributed by atoms with van der Waals surface area (Å²) in [5, 5.41) is 5.73. The van der Waals surface area contributed by atoms with E-state index in [-0.39, 0.29) is 23.9 Å². The van der Waals surface area contributed by atoms with Gasteiger partial charge in [0.1, 0.15) is 0 Å². The number of hydrogen-bond donors (Lipinski definition) is 2. The molecule has 1 saturated heterocycles. The summed E-state index contributed by atoms with van der Waals surface area (Å²) in [6.07, 6.45) is 5.65. The predicted molar refractivity (Wildman–Crippen MR) is 86.4 cm³/mol. The van der Waals surface area contributed by atoms with Crippen molar-refractivity contribution in [2.75, 3.05) is 13.6 Å². The Kier molecular flexibility index (Phi) is 4.91. The van der Waals surface area contributed by atoms with Crippen molar-refractivity contribution >= 4 is 11.8 Å². The molecule has 0 bridgehead atoms. The molecule has 6 heteroatoms. The first-order valence-electron chi connectivity index (χ1n) is 8.35. The van der Waals surface area contributed by atoms with Crippen molar-refractivity contribution in [3.8, 4) is 0 Å². The maximum atomic E-state index is 12.6. The lowest BCUT2D eigenvalue weighted by Gasteiger charge is -2.31. The van der Waals surface area contributed by atoms with E-state index < -0.39 is 0 Å². The van der Waals surface area contributed by atoms with Gasteiger partial charge in [-0.2, -0.15) is 0 Å². The smallest absolute Gasteiger partial charge is 0.237 e. The Morgan fingerprint density at radius 1 is 1.35 bits per heavy atom. The number of carbonyl (C=O) groups is 2. The van der Waals surface area contributed by atoms with Crippen LogP contribution in [-0.4, -0.2) is 47.4 Å². The predicted octanol–water partition coefficient (Wildman–Crippen LogP) is 0.687. The molecule has 2 atom stereocenters. The summed E-state index contributed by atoms with van der Waals surface area (Å²) in [6, 6.07) is 5.29. The summed E-state index contributed by atoms with van der Waals surface area (Å²) in [5.41, 5.74) is 0.843. The Morgan fingerprint density at radius 3 is 2.83 bits per heavy atom. The number of likely N-dealkylation sites (tertiary alicyclic amines) is 1. The first-order chi connectivity index (χ1) is 11.2. The van der Waals surface area contributed by atoms with Crippen molar-refractivity contribution in [3.05, 3.63) is 30.1 Å². The van der Waals surface area contributed by atoms with Crippen LogP contribution < -0.4 is 10.6 Å². The molecule has 0 radical (unpaired) electrons. The molecule has 2 aliphatic rings. The molecule has 23 heavy (non-hydrogen) atoms. The Balaban J connectivity index is 1.63. The number of rotatable bonds is 6. The van der Waals surface area contributed by atoms with Gasteiger partial charge in [0, 0.05) is 13.2 Å². The van der Waals surface area contributed by atoms with Crippen LogP contribution in [0.4, 0.5) is 0 Å². The standard InChI is InChI=1S/C17H24N4O2/c1-18-17(23)15(12-7-8-12)21-10-4-6-14(21)16(22)20-11-13-5-2-3-9-19-13/h2-3,5,9,12,14-15H,4,6-8,10-11H2,1H3,(H,18,23)(H,20,22)/t14-,15+/m0/s1. The number of hydrogen-bond acceptors (Lipinski definition) is 4. The molecule has 1 aromatic rings. The molecule has 3 rings (SSSR count). The molecule has 1 aliphatic carbocycles. The Labute approximate surface area is 136 Å². The van der Waals surface area contributed by atoms with Crippen LogP contribution in [0.5, 0.6) is 0 Å². The zero-order valence-corrected chi connectivity index (χ0v) is 13.5. The van der Waals surface area contributed by atoms with E-state index in [9.17, 15) is 9.59 Å². The van der Waals surface area contributed by atoms with E-state index in [1.54, 1.807) is 13.2 Å². The van der Waals surface area contributed by atoms with Crippen molar-refractivity contribution < 1.29 is 9.59 Å². The highest BCUT2D eigenvalue weighted by atomic mass is 16.2. The summed E-state index contributed by atoms with van der Waals surface area (Å²) >= 11 is 0. The van der Waals surface area contributed by atoms with Crippen LogP contribution in [0.25, 0.3) is 0 Å². The molecule has 1 aromatic heterocycles. The lowest BCUT2D eigenvalue weighted by molar-refractivity contribution is -0.131. The molecule has 1 aliphatic heterocycles. The molecule has 0 spiro atoms. The SMILES string of the molecule is CNC(=O)[C@@H](C1CC1)N1CCC[C@H]1C(=O)NCc1ccccn1. The number of pyridine rings is 1. The first-order valence-corrected chi connectivity index (χ1v) is 8.35.